The Morgan fingerprint density at radius 3 is 2.56 bits per heavy atom. The molecule has 2 aliphatic heterocycles. The Labute approximate surface area is 284 Å². The lowest BCUT2D eigenvalue weighted by atomic mass is 9.46. The largest absolute Gasteiger partial charge is 0.457 e. The Bertz CT molecular complexity index is 1410. The van der Waals surface area contributed by atoms with E-state index >= 15 is 0 Å². The van der Waals surface area contributed by atoms with Gasteiger partial charge in [0.25, 0.3) is 5.91 Å². The summed E-state index contributed by atoms with van der Waals surface area (Å²) in [7, 11) is 0. The van der Waals surface area contributed by atoms with Crippen LogP contribution in [-0.4, -0.2) is 83.0 Å². The second-order valence-corrected chi connectivity index (χ2v) is 18.1. The molecular formula is C38H56N2O8. The first kappa shape index (κ1) is 33.2. The van der Waals surface area contributed by atoms with Gasteiger partial charge in [0.1, 0.15) is 0 Å². The van der Waals surface area contributed by atoms with Crippen molar-refractivity contribution in [2.24, 2.45) is 45.3 Å². The van der Waals surface area contributed by atoms with Crippen LogP contribution >= 0.6 is 0 Å². The number of morpholine rings is 1. The van der Waals surface area contributed by atoms with Gasteiger partial charge in [-0.2, -0.15) is 0 Å². The number of rotatable bonds is 6. The first-order valence-electron chi connectivity index (χ1n) is 18.7. The van der Waals surface area contributed by atoms with Crippen LogP contribution in [0.3, 0.4) is 0 Å². The Morgan fingerprint density at radius 1 is 1.04 bits per heavy atom. The zero-order valence-electron chi connectivity index (χ0n) is 29.7. The van der Waals surface area contributed by atoms with E-state index in [0.717, 1.165) is 31.6 Å². The van der Waals surface area contributed by atoms with Crippen molar-refractivity contribution in [1.29, 1.82) is 0 Å². The van der Waals surface area contributed by atoms with Crippen molar-refractivity contribution in [2.75, 3.05) is 19.7 Å². The quantitative estimate of drug-likeness (QED) is 0.377. The molecule has 9 unspecified atom stereocenters. The summed E-state index contributed by atoms with van der Waals surface area (Å²) in [6, 6.07) is 1.61. The number of esters is 1. The van der Waals surface area contributed by atoms with Crippen molar-refractivity contribution in [2.45, 2.75) is 142 Å². The third-order valence-electron chi connectivity index (χ3n) is 15.2. The van der Waals surface area contributed by atoms with Crippen LogP contribution in [-0.2, 0) is 23.7 Å². The average Bonchev–Trinajstić information content (AvgIpc) is 3.28. The van der Waals surface area contributed by atoms with Gasteiger partial charge in [-0.05, 0) is 123 Å². The normalized spacial score (nSPS) is 45.1. The fourth-order valence-corrected chi connectivity index (χ4v) is 13.1. The van der Waals surface area contributed by atoms with Crippen molar-refractivity contribution < 1.29 is 38.2 Å². The van der Waals surface area contributed by atoms with E-state index in [4.69, 9.17) is 23.5 Å². The molecule has 7 fully saturated rings. The van der Waals surface area contributed by atoms with E-state index < -0.39 is 18.0 Å². The van der Waals surface area contributed by atoms with Crippen molar-refractivity contribution >= 4 is 11.9 Å². The average molecular weight is 669 g/mol. The zero-order valence-corrected chi connectivity index (χ0v) is 29.7. The lowest BCUT2D eigenvalue weighted by Crippen LogP contribution is -2.56. The molecule has 5 saturated carbocycles. The van der Waals surface area contributed by atoms with Crippen LogP contribution < -0.4 is 0 Å². The zero-order chi connectivity index (χ0) is 33.9. The molecule has 5 aliphatic carbocycles. The van der Waals surface area contributed by atoms with E-state index in [0.29, 0.717) is 48.3 Å². The van der Waals surface area contributed by atoms with Gasteiger partial charge in [0.2, 0.25) is 5.76 Å². The molecule has 1 aromatic rings. The van der Waals surface area contributed by atoms with Crippen molar-refractivity contribution in [3.05, 3.63) is 18.0 Å². The predicted molar refractivity (Wildman–Crippen MR) is 174 cm³/mol. The van der Waals surface area contributed by atoms with Crippen LogP contribution in [0.5, 0.6) is 0 Å². The van der Waals surface area contributed by atoms with Crippen LogP contribution in [0.2, 0.25) is 0 Å². The highest BCUT2D eigenvalue weighted by atomic mass is 16.7. The third-order valence-corrected chi connectivity index (χ3v) is 15.2. The molecule has 12 atom stereocenters. The Kier molecular flexibility index (Phi) is 7.77. The van der Waals surface area contributed by atoms with Crippen LogP contribution in [0.15, 0.2) is 16.8 Å². The van der Waals surface area contributed by atoms with Crippen LogP contribution in [0, 0.1) is 45.3 Å². The Hall–Kier alpha value is -2.01. The number of carbonyl (C=O) groups is 2. The third kappa shape index (κ3) is 4.89. The summed E-state index contributed by atoms with van der Waals surface area (Å²) in [6.07, 6.45) is 12.0. The molecule has 1 N–H and O–H groups in total. The number of aliphatic hydroxyl groups is 1. The summed E-state index contributed by atoms with van der Waals surface area (Å²) in [6.45, 7) is 13.7. The number of aromatic nitrogens is 1. The van der Waals surface area contributed by atoms with E-state index in [1.165, 1.54) is 51.6 Å². The van der Waals surface area contributed by atoms with Gasteiger partial charge in [0.15, 0.2) is 12.4 Å². The molecule has 10 heteroatoms. The topological polar surface area (TPSA) is 121 Å². The van der Waals surface area contributed by atoms with Crippen LogP contribution in [0.25, 0.3) is 0 Å². The highest BCUT2D eigenvalue weighted by molar-refractivity contribution is 5.91. The molecule has 0 aromatic carbocycles. The molecule has 48 heavy (non-hydrogen) atoms. The van der Waals surface area contributed by atoms with Gasteiger partial charge in [0.05, 0.1) is 43.3 Å². The molecule has 1 amide bonds. The molecule has 2 spiro atoms. The monoisotopic (exact) mass is 668 g/mol. The van der Waals surface area contributed by atoms with Gasteiger partial charge >= 0.3 is 5.97 Å². The lowest BCUT2D eigenvalue weighted by Gasteiger charge is -2.60. The van der Waals surface area contributed by atoms with E-state index in [9.17, 15) is 14.7 Å². The molecular weight excluding hydrogens is 612 g/mol. The van der Waals surface area contributed by atoms with Gasteiger partial charge in [0, 0.05) is 19.5 Å². The molecule has 10 nitrogen and oxygen atoms in total. The summed E-state index contributed by atoms with van der Waals surface area (Å²) in [4.78, 5) is 26.7. The summed E-state index contributed by atoms with van der Waals surface area (Å²) in [5, 5.41) is 14.6. The van der Waals surface area contributed by atoms with Gasteiger partial charge in [-0.15, -0.1) is 0 Å². The highest BCUT2D eigenvalue weighted by Crippen LogP contribution is 2.87. The minimum atomic E-state index is -1.16. The molecule has 3 heterocycles. The first-order chi connectivity index (χ1) is 22.7. The molecule has 0 radical (unpaired) electrons. The number of nitrogens with zero attached hydrogens (tertiary/aromatic N) is 2. The van der Waals surface area contributed by atoms with Gasteiger partial charge in [-0.1, -0.05) is 25.9 Å². The number of fused-ring (bicyclic) bond motifs is 4. The van der Waals surface area contributed by atoms with Crippen molar-refractivity contribution in [3.63, 3.8) is 0 Å². The van der Waals surface area contributed by atoms with E-state index in [2.05, 4.69) is 25.9 Å². The maximum atomic E-state index is 12.9. The summed E-state index contributed by atoms with van der Waals surface area (Å²) < 4.78 is 30.5. The number of ether oxygens (including phenoxy) is 4. The molecule has 8 rings (SSSR count). The SMILES string of the molecule is CC(=O)O[C@@H](C1CCC2C(CC3C4CCC5C(C)(C)[C@@H](OC6CN(C(=O)c7ccno7)CCO6)CCC56C[C@@]46CCC23C)O1)C(C)(C)O. The Morgan fingerprint density at radius 2 is 1.83 bits per heavy atom. The minimum absolute atomic E-state index is 0.0108. The maximum absolute atomic E-state index is 12.9. The highest BCUT2D eigenvalue weighted by Gasteiger charge is 2.80. The summed E-state index contributed by atoms with van der Waals surface area (Å²) in [5.41, 5.74) is -0.0624. The Balaban J connectivity index is 0.956. The van der Waals surface area contributed by atoms with Gasteiger partial charge < -0.3 is 33.5 Å². The smallest absolute Gasteiger partial charge is 0.303 e. The molecule has 7 aliphatic rings. The maximum Gasteiger partial charge on any atom is 0.303 e. The van der Waals surface area contributed by atoms with Crippen molar-refractivity contribution in [1.82, 2.24) is 10.1 Å². The minimum Gasteiger partial charge on any atom is -0.457 e. The molecule has 1 aromatic heterocycles. The number of amides is 1. The van der Waals surface area contributed by atoms with Crippen LogP contribution in [0.1, 0.15) is 116 Å². The van der Waals surface area contributed by atoms with Gasteiger partial charge in [-0.25, -0.2) is 0 Å². The number of hydrogen-bond donors (Lipinski definition) is 1. The molecule has 266 valence electrons. The van der Waals surface area contributed by atoms with E-state index in [1.807, 2.05) is 0 Å². The molecule has 0 bridgehead atoms. The van der Waals surface area contributed by atoms with E-state index in [-0.39, 0.29) is 46.8 Å². The second-order valence-electron chi connectivity index (χ2n) is 18.1. The summed E-state index contributed by atoms with van der Waals surface area (Å²) in [5.74, 6) is 2.23. The summed E-state index contributed by atoms with van der Waals surface area (Å²) >= 11 is 0. The van der Waals surface area contributed by atoms with E-state index in [1.54, 1.807) is 24.8 Å². The van der Waals surface area contributed by atoms with Crippen molar-refractivity contribution in [3.8, 4) is 0 Å². The van der Waals surface area contributed by atoms with Crippen LogP contribution in [0.4, 0.5) is 0 Å². The fraction of sp³-hybridized carbons (Fsp3) is 0.868. The first-order valence-corrected chi connectivity index (χ1v) is 18.7. The predicted octanol–water partition coefficient (Wildman–Crippen LogP) is 5.77. The number of hydrogen-bond acceptors (Lipinski definition) is 9. The number of carbonyl (C=O) groups excluding carboxylic acids is 2. The van der Waals surface area contributed by atoms with Gasteiger partial charge in [-0.3, -0.25) is 9.59 Å². The second kappa shape index (κ2) is 11.2. The fourth-order valence-electron chi connectivity index (χ4n) is 13.1. The standard InChI is InChI=1S/C38H56N2O8/c1-22(41)45-32(35(4,5)43)26-9-7-24-28(46-26)19-25-23-8-10-29-34(2,3)30(11-13-38(29)21-37(23,38)15-14-36(24,25)6)47-31-20-40(17-18-44-31)33(42)27-12-16-39-48-27/h12,16,23-26,28-32,43H,7-11,13-15,17-21H2,1-6H3/t23?,24?,25?,26?,28?,29?,30-,31?,32-,36?,37-,38?/m0/s1. The lowest BCUT2D eigenvalue weighted by molar-refractivity contribution is -0.241. The molecule has 2 saturated heterocycles.